The number of benzene rings is 1. The third-order valence-corrected chi connectivity index (χ3v) is 9.49. The maximum absolute atomic E-state index is 9.37. The maximum atomic E-state index is 9.37. The first-order valence-corrected chi connectivity index (χ1v) is 11.0. The van der Waals surface area contributed by atoms with Crippen molar-refractivity contribution < 1.29 is 5.11 Å². The zero-order valence-corrected chi connectivity index (χ0v) is 13.5. The zero-order valence-electron chi connectivity index (χ0n) is 12.5. The minimum atomic E-state index is -0.909. The number of phenolic OH excluding ortho intramolecular Hbond substituents is 1. The molecule has 1 heterocycles. The number of rotatable bonds is 5. The molecule has 1 aromatic rings. The topological polar surface area (TPSA) is 20.2 Å². The van der Waals surface area contributed by atoms with Crippen LogP contribution in [0.25, 0.3) is 0 Å². The fraction of sp³-hybridized carbons (Fsp3) is 0.647. The summed E-state index contributed by atoms with van der Waals surface area (Å²) in [5, 5.41) is 9.37. The van der Waals surface area contributed by atoms with E-state index in [1.54, 1.807) is 6.04 Å². The summed E-state index contributed by atoms with van der Waals surface area (Å²) in [5.41, 5.74) is 1.43. The summed E-state index contributed by atoms with van der Waals surface area (Å²) in [6.07, 6.45) is 6.98. The molecule has 2 heteroatoms. The Morgan fingerprint density at radius 2 is 1.74 bits per heavy atom. The van der Waals surface area contributed by atoms with E-state index in [1.165, 1.54) is 49.8 Å². The van der Waals surface area contributed by atoms with Crippen LogP contribution in [0.3, 0.4) is 0 Å². The molecule has 0 aromatic heterocycles. The average Bonchev–Trinajstić information content (AvgIpc) is 2.41. The predicted molar refractivity (Wildman–Crippen MR) is 85.6 cm³/mol. The van der Waals surface area contributed by atoms with Crippen LogP contribution in [0.15, 0.2) is 24.3 Å². The maximum Gasteiger partial charge on any atom is 0.115 e. The first kappa shape index (κ1) is 14.6. The first-order chi connectivity index (χ1) is 9.13. The predicted octanol–water partition coefficient (Wildman–Crippen LogP) is 5.54. The monoisotopic (exact) mass is 276 g/mol. The molecule has 1 saturated heterocycles. The van der Waals surface area contributed by atoms with Crippen LogP contribution in [-0.4, -0.2) is 13.2 Å². The van der Waals surface area contributed by atoms with E-state index in [9.17, 15) is 5.11 Å². The lowest BCUT2D eigenvalue weighted by molar-refractivity contribution is 0.474. The van der Waals surface area contributed by atoms with E-state index in [0.717, 1.165) is 5.92 Å². The van der Waals surface area contributed by atoms with Gasteiger partial charge in [-0.2, -0.15) is 0 Å². The zero-order chi connectivity index (χ0) is 13.7. The Morgan fingerprint density at radius 1 is 1.11 bits per heavy atom. The van der Waals surface area contributed by atoms with Crippen LogP contribution in [0.4, 0.5) is 0 Å². The molecule has 106 valence electrons. The lowest BCUT2D eigenvalue weighted by Gasteiger charge is -2.36. The molecule has 0 unspecified atom stereocenters. The van der Waals surface area contributed by atoms with Crippen LogP contribution < -0.4 is 0 Å². The summed E-state index contributed by atoms with van der Waals surface area (Å²) < 4.78 is 0. The van der Waals surface area contributed by atoms with Gasteiger partial charge in [0.2, 0.25) is 0 Å². The van der Waals surface area contributed by atoms with Crippen molar-refractivity contribution in [3.05, 3.63) is 29.8 Å². The molecular weight excluding hydrogens is 248 g/mol. The molecule has 1 N–H and O–H groups in total. The Bertz CT molecular complexity index is 377. The molecule has 0 bridgehead atoms. The fourth-order valence-electron chi connectivity index (χ4n) is 3.45. The molecule has 19 heavy (non-hydrogen) atoms. The van der Waals surface area contributed by atoms with Gasteiger partial charge in [0.15, 0.2) is 0 Å². The van der Waals surface area contributed by atoms with Gasteiger partial charge in [0.25, 0.3) is 0 Å². The SMILES string of the molecule is CCCCC[Si]1(C)CCC(c2ccc(O)cc2)CC1. The van der Waals surface area contributed by atoms with Crippen molar-refractivity contribution >= 4 is 8.07 Å². The van der Waals surface area contributed by atoms with Crippen LogP contribution in [-0.2, 0) is 0 Å². The smallest absolute Gasteiger partial charge is 0.115 e. The normalized spacial score (nSPS) is 27.4. The second-order valence-corrected chi connectivity index (χ2v) is 11.8. The first-order valence-electron chi connectivity index (χ1n) is 7.92. The van der Waals surface area contributed by atoms with E-state index in [4.69, 9.17) is 0 Å². The van der Waals surface area contributed by atoms with Gasteiger partial charge in [-0.1, -0.05) is 63.0 Å². The average molecular weight is 276 g/mol. The minimum absolute atomic E-state index is 0.387. The van der Waals surface area contributed by atoms with E-state index < -0.39 is 8.07 Å². The van der Waals surface area contributed by atoms with Crippen molar-refractivity contribution in [1.82, 2.24) is 0 Å². The molecular formula is C17H28OSi. The van der Waals surface area contributed by atoms with Crippen LogP contribution in [0, 0.1) is 0 Å². The molecule has 0 saturated carbocycles. The van der Waals surface area contributed by atoms with Crippen molar-refractivity contribution in [2.24, 2.45) is 0 Å². The molecule has 0 amide bonds. The third-order valence-electron chi connectivity index (χ3n) is 4.94. The number of hydrogen-bond acceptors (Lipinski definition) is 1. The van der Waals surface area contributed by atoms with Crippen LogP contribution in [0.1, 0.15) is 50.5 Å². The van der Waals surface area contributed by atoms with Gasteiger partial charge in [-0.3, -0.25) is 0 Å². The van der Waals surface area contributed by atoms with Gasteiger partial charge in [0.05, 0.1) is 8.07 Å². The molecule has 0 spiro atoms. The fourth-order valence-corrected chi connectivity index (χ4v) is 7.39. The summed E-state index contributed by atoms with van der Waals surface area (Å²) in [6.45, 7) is 4.92. The number of unbranched alkanes of at least 4 members (excludes halogenated alkanes) is 2. The van der Waals surface area contributed by atoms with Crippen molar-refractivity contribution in [3.63, 3.8) is 0 Å². The molecule has 1 fully saturated rings. The lowest BCUT2D eigenvalue weighted by Crippen LogP contribution is -2.34. The Hall–Kier alpha value is -0.763. The number of hydrogen-bond donors (Lipinski definition) is 1. The van der Waals surface area contributed by atoms with Crippen molar-refractivity contribution in [2.75, 3.05) is 0 Å². The van der Waals surface area contributed by atoms with E-state index in [0.29, 0.717) is 5.75 Å². The van der Waals surface area contributed by atoms with Gasteiger partial charge in [-0.25, -0.2) is 0 Å². The summed E-state index contributed by atoms with van der Waals surface area (Å²) in [5.74, 6) is 1.13. The highest BCUT2D eigenvalue weighted by Gasteiger charge is 2.32. The second-order valence-electron chi connectivity index (χ2n) is 6.63. The molecule has 1 nitrogen and oxygen atoms in total. The van der Waals surface area contributed by atoms with Gasteiger partial charge in [0, 0.05) is 0 Å². The summed E-state index contributed by atoms with van der Waals surface area (Å²) in [6, 6.07) is 12.4. The minimum Gasteiger partial charge on any atom is -0.508 e. The van der Waals surface area contributed by atoms with Gasteiger partial charge in [-0.05, 0) is 36.5 Å². The molecule has 1 aliphatic rings. The Kier molecular flexibility index (Phi) is 5.09. The van der Waals surface area contributed by atoms with E-state index in [2.05, 4.69) is 25.6 Å². The van der Waals surface area contributed by atoms with Gasteiger partial charge in [0.1, 0.15) is 5.75 Å². The van der Waals surface area contributed by atoms with Crippen molar-refractivity contribution in [2.45, 2.75) is 69.6 Å². The molecule has 0 radical (unpaired) electrons. The van der Waals surface area contributed by atoms with Crippen molar-refractivity contribution in [1.29, 1.82) is 0 Å². The van der Waals surface area contributed by atoms with Crippen LogP contribution in [0.2, 0.25) is 24.7 Å². The standard InChI is InChI=1S/C17H28OSi/c1-3-4-5-12-19(2)13-10-16(11-14-19)15-6-8-17(18)9-7-15/h6-9,16,18H,3-5,10-14H2,1-2H3. The highest BCUT2D eigenvalue weighted by Crippen LogP contribution is 2.41. The van der Waals surface area contributed by atoms with Gasteiger partial charge in [-0.15, -0.1) is 0 Å². The molecule has 1 aliphatic heterocycles. The Morgan fingerprint density at radius 3 is 2.32 bits per heavy atom. The van der Waals surface area contributed by atoms with E-state index >= 15 is 0 Å². The number of aromatic hydroxyl groups is 1. The lowest BCUT2D eigenvalue weighted by atomic mass is 9.93. The largest absolute Gasteiger partial charge is 0.508 e. The summed E-state index contributed by atoms with van der Waals surface area (Å²) >= 11 is 0. The quantitative estimate of drug-likeness (QED) is 0.553. The van der Waals surface area contributed by atoms with E-state index in [1.807, 2.05) is 12.1 Å². The van der Waals surface area contributed by atoms with Gasteiger partial charge >= 0.3 is 0 Å². The molecule has 2 rings (SSSR count). The van der Waals surface area contributed by atoms with Crippen LogP contribution >= 0.6 is 0 Å². The number of phenols is 1. The second kappa shape index (κ2) is 6.60. The molecule has 0 aliphatic carbocycles. The molecule has 0 atom stereocenters. The highest BCUT2D eigenvalue weighted by molar-refractivity contribution is 6.78. The van der Waals surface area contributed by atoms with Gasteiger partial charge < -0.3 is 5.11 Å². The summed E-state index contributed by atoms with van der Waals surface area (Å²) in [7, 11) is -0.909. The molecule has 1 aromatic carbocycles. The third kappa shape index (κ3) is 4.10. The summed E-state index contributed by atoms with van der Waals surface area (Å²) in [4.78, 5) is 0. The Balaban J connectivity index is 1.86. The Labute approximate surface area is 119 Å². The van der Waals surface area contributed by atoms with Crippen LogP contribution in [0.5, 0.6) is 5.75 Å². The van der Waals surface area contributed by atoms with Crippen molar-refractivity contribution in [3.8, 4) is 5.75 Å². The van der Waals surface area contributed by atoms with E-state index in [-0.39, 0.29) is 0 Å². The highest BCUT2D eigenvalue weighted by atomic mass is 28.3.